The zero-order valence-corrected chi connectivity index (χ0v) is 12.1. The summed E-state index contributed by atoms with van der Waals surface area (Å²) >= 11 is 0. The largest absolute Gasteiger partial charge is 0.679 e. The highest BCUT2D eigenvalue weighted by atomic mass is 28.4. The van der Waals surface area contributed by atoms with Gasteiger partial charge in [0.05, 0.1) is 12.7 Å². The first kappa shape index (κ1) is 15.1. The van der Waals surface area contributed by atoms with E-state index in [1.165, 1.54) is 0 Å². The molecule has 6 heteroatoms. The molecule has 0 aliphatic carbocycles. The molecule has 1 aliphatic rings. The monoisotopic (exact) mass is 264 g/mol. The zero-order valence-electron chi connectivity index (χ0n) is 11.1. The molecule has 17 heavy (non-hydrogen) atoms. The zero-order chi connectivity index (χ0) is 12.6. The van der Waals surface area contributed by atoms with Gasteiger partial charge in [0.25, 0.3) is 0 Å². The Balaban J connectivity index is 2.46. The van der Waals surface area contributed by atoms with Gasteiger partial charge in [-0.3, -0.25) is 0 Å². The van der Waals surface area contributed by atoms with Crippen LogP contribution in [0.4, 0.5) is 0 Å². The lowest BCUT2D eigenvalue weighted by Gasteiger charge is -2.27. The molecule has 0 spiro atoms. The molecular formula is C11H24O5Si. The van der Waals surface area contributed by atoms with Gasteiger partial charge in [-0.25, -0.2) is 0 Å². The van der Waals surface area contributed by atoms with Crippen molar-refractivity contribution < 1.29 is 22.4 Å². The van der Waals surface area contributed by atoms with Crippen LogP contribution in [0.25, 0.3) is 0 Å². The van der Waals surface area contributed by atoms with Crippen LogP contribution in [0.2, 0.25) is 0 Å². The van der Waals surface area contributed by atoms with Crippen molar-refractivity contribution in [3.63, 3.8) is 0 Å². The molecular weight excluding hydrogens is 240 g/mol. The smallest absolute Gasteiger partial charge is 0.376 e. The molecule has 1 unspecified atom stereocenters. The third kappa shape index (κ3) is 5.03. The van der Waals surface area contributed by atoms with E-state index >= 15 is 0 Å². The van der Waals surface area contributed by atoms with Crippen molar-refractivity contribution in [2.24, 2.45) is 0 Å². The van der Waals surface area contributed by atoms with Gasteiger partial charge in [-0.1, -0.05) is 0 Å². The first-order chi connectivity index (χ1) is 8.26. The van der Waals surface area contributed by atoms with Crippen molar-refractivity contribution in [1.29, 1.82) is 0 Å². The molecule has 1 rings (SSSR count). The molecule has 1 saturated heterocycles. The Morgan fingerprint density at radius 2 is 1.59 bits per heavy atom. The highest BCUT2D eigenvalue weighted by molar-refractivity contribution is 6.53. The second-order valence-electron chi connectivity index (χ2n) is 3.75. The van der Waals surface area contributed by atoms with Crippen LogP contribution in [-0.4, -0.2) is 48.2 Å². The van der Waals surface area contributed by atoms with E-state index in [9.17, 15) is 0 Å². The second-order valence-corrected chi connectivity index (χ2v) is 5.90. The van der Waals surface area contributed by atoms with Gasteiger partial charge in [0.15, 0.2) is 0 Å². The molecule has 0 aromatic rings. The maximum absolute atomic E-state index is 5.78. The molecule has 1 atom stereocenters. The van der Waals surface area contributed by atoms with Gasteiger partial charge in [0.1, 0.15) is 0 Å². The SMILES string of the molecule is CCO[Si](OCC)(OCC)OCC1CCCO1. The average Bonchev–Trinajstić information content (AvgIpc) is 2.80. The predicted octanol–water partition coefficient (Wildman–Crippen LogP) is 1.73. The van der Waals surface area contributed by atoms with E-state index in [-0.39, 0.29) is 6.10 Å². The van der Waals surface area contributed by atoms with E-state index in [0.717, 1.165) is 19.4 Å². The second kappa shape index (κ2) is 8.18. The summed E-state index contributed by atoms with van der Waals surface area (Å²) in [7, 11) is -2.94. The topological polar surface area (TPSA) is 46.2 Å². The summed E-state index contributed by atoms with van der Waals surface area (Å²) in [6.45, 7) is 8.62. The highest BCUT2D eigenvalue weighted by Crippen LogP contribution is 2.17. The van der Waals surface area contributed by atoms with Crippen LogP contribution >= 0.6 is 0 Å². The van der Waals surface area contributed by atoms with Crippen molar-refractivity contribution in [3.05, 3.63) is 0 Å². The van der Waals surface area contributed by atoms with E-state index in [1.807, 2.05) is 20.8 Å². The molecule has 1 heterocycles. The van der Waals surface area contributed by atoms with Gasteiger partial charge in [-0.15, -0.1) is 0 Å². The van der Waals surface area contributed by atoms with Gasteiger partial charge in [0, 0.05) is 26.4 Å². The van der Waals surface area contributed by atoms with Crippen molar-refractivity contribution in [3.8, 4) is 0 Å². The first-order valence-corrected chi connectivity index (χ1v) is 8.07. The predicted molar refractivity (Wildman–Crippen MR) is 65.6 cm³/mol. The number of hydrogen-bond donors (Lipinski definition) is 0. The van der Waals surface area contributed by atoms with E-state index in [2.05, 4.69) is 0 Å². The normalized spacial score (nSPS) is 21.0. The first-order valence-electron chi connectivity index (χ1n) is 6.43. The minimum absolute atomic E-state index is 0.156. The molecule has 0 radical (unpaired) electrons. The molecule has 1 aliphatic heterocycles. The van der Waals surface area contributed by atoms with Gasteiger partial charge in [-0.05, 0) is 33.6 Å². The van der Waals surface area contributed by atoms with E-state index < -0.39 is 9.05 Å². The van der Waals surface area contributed by atoms with Crippen molar-refractivity contribution >= 4 is 9.05 Å². The van der Waals surface area contributed by atoms with Crippen molar-refractivity contribution in [1.82, 2.24) is 0 Å². The Hall–Kier alpha value is 0.0169. The Bertz CT molecular complexity index is 179. The summed E-state index contributed by atoms with van der Waals surface area (Å²) < 4.78 is 28.1. The molecule has 0 N–H and O–H groups in total. The lowest BCUT2D eigenvalue weighted by molar-refractivity contribution is -0.0492. The van der Waals surface area contributed by atoms with E-state index in [0.29, 0.717) is 26.4 Å². The number of hydrogen-bond acceptors (Lipinski definition) is 5. The minimum Gasteiger partial charge on any atom is -0.376 e. The van der Waals surface area contributed by atoms with Gasteiger partial charge < -0.3 is 22.4 Å². The summed E-state index contributed by atoms with van der Waals surface area (Å²) in [5, 5.41) is 0. The van der Waals surface area contributed by atoms with Crippen LogP contribution < -0.4 is 0 Å². The molecule has 0 saturated carbocycles. The lowest BCUT2D eigenvalue weighted by atomic mass is 10.2. The van der Waals surface area contributed by atoms with E-state index in [1.54, 1.807) is 0 Å². The maximum Gasteiger partial charge on any atom is 0.679 e. The Morgan fingerprint density at radius 3 is 2.00 bits per heavy atom. The molecule has 1 fully saturated rings. The fourth-order valence-electron chi connectivity index (χ4n) is 1.75. The average molecular weight is 264 g/mol. The molecule has 0 bridgehead atoms. The van der Waals surface area contributed by atoms with Crippen LogP contribution in [0.15, 0.2) is 0 Å². The van der Waals surface area contributed by atoms with Crippen LogP contribution in [0.1, 0.15) is 33.6 Å². The fraction of sp³-hybridized carbons (Fsp3) is 1.00. The van der Waals surface area contributed by atoms with E-state index in [4.69, 9.17) is 22.4 Å². The lowest BCUT2D eigenvalue weighted by Crippen LogP contribution is -2.50. The fourth-order valence-corrected chi connectivity index (χ4v) is 3.70. The highest BCUT2D eigenvalue weighted by Gasteiger charge is 2.45. The summed E-state index contributed by atoms with van der Waals surface area (Å²) in [5.41, 5.74) is 0. The van der Waals surface area contributed by atoms with Crippen LogP contribution in [0.3, 0.4) is 0 Å². The number of rotatable bonds is 9. The third-order valence-electron chi connectivity index (χ3n) is 2.43. The maximum atomic E-state index is 5.78. The summed E-state index contributed by atoms with van der Waals surface area (Å²) in [6.07, 6.45) is 2.29. The Kier molecular flexibility index (Phi) is 7.25. The standard InChI is InChI=1S/C11H24O5Si/c1-4-13-17(14-5-2,15-6-3)16-10-11-8-7-9-12-11/h11H,4-10H2,1-3H3. The molecule has 0 aromatic carbocycles. The van der Waals surface area contributed by atoms with Crippen molar-refractivity contribution in [2.75, 3.05) is 33.0 Å². The quantitative estimate of drug-likeness (QED) is 0.593. The molecule has 5 nitrogen and oxygen atoms in total. The number of ether oxygens (including phenoxy) is 1. The summed E-state index contributed by atoms with van der Waals surface area (Å²) in [5.74, 6) is 0. The van der Waals surface area contributed by atoms with Crippen molar-refractivity contribution in [2.45, 2.75) is 39.7 Å². The van der Waals surface area contributed by atoms with Crippen LogP contribution in [0, 0.1) is 0 Å². The van der Waals surface area contributed by atoms with Gasteiger partial charge >= 0.3 is 9.05 Å². The molecule has 102 valence electrons. The minimum atomic E-state index is -2.94. The van der Waals surface area contributed by atoms with Gasteiger partial charge in [0.2, 0.25) is 0 Å². The Morgan fingerprint density at radius 1 is 1.00 bits per heavy atom. The van der Waals surface area contributed by atoms with Gasteiger partial charge in [-0.2, -0.15) is 0 Å². The molecule has 0 amide bonds. The third-order valence-corrected chi connectivity index (χ3v) is 4.88. The summed E-state index contributed by atoms with van der Waals surface area (Å²) in [4.78, 5) is 0. The van der Waals surface area contributed by atoms with Crippen LogP contribution in [-0.2, 0) is 22.4 Å². The summed E-state index contributed by atoms with van der Waals surface area (Å²) in [6, 6.07) is 0. The Labute approximate surface area is 105 Å². The molecule has 0 aromatic heterocycles. The van der Waals surface area contributed by atoms with Crippen LogP contribution in [0.5, 0.6) is 0 Å².